The lowest BCUT2D eigenvalue weighted by atomic mass is 9.94. The van der Waals surface area contributed by atoms with Crippen LogP contribution in [0.1, 0.15) is 29.5 Å². The fourth-order valence-electron chi connectivity index (χ4n) is 5.96. The number of ether oxygens (including phenoxy) is 1. The Kier molecular flexibility index (Phi) is 8.71. The number of hydrogen-bond acceptors (Lipinski definition) is 10. The molecule has 0 radical (unpaired) electrons. The second-order valence-corrected chi connectivity index (χ2v) is 13.0. The quantitative estimate of drug-likeness (QED) is 0.217. The molecule has 5 N–H and O–H groups in total. The first kappa shape index (κ1) is 31.7. The highest BCUT2D eigenvalue weighted by atomic mass is 32.2. The maximum absolute atomic E-state index is 13.1. The Morgan fingerprint density at radius 1 is 1.20 bits per heavy atom. The number of H-pyrrole nitrogens is 1. The molecule has 2 aliphatic heterocycles. The summed E-state index contributed by atoms with van der Waals surface area (Å²) in [5.41, 5.74) is 2.44. The number of likely N-dealkylation sites (tertiary alicyclic amines) is 1. The number of benzene rings is 2. The topological polar surface area (TPSA) is 204 Å². The van der Waals surface area contributed by atoms with Gasteiger partial charge in [0.15, 0.2) is 5.60 Å². The summed E-state index contributed by atoms with van der Waals surface area (Å²) in [6.45, 7) is 4.95. The molecule has 2 aliphatic rings. The lowest BCUT2D eigenvalue weighted by Crippen LogP contribution is -2.49. The van der Waals surface area contributed by atoms with Crippen molar-refractivity contribution in [1.82, 2.24) is 24.9 Å². The lowest BCUT2D eigenvalue weighted by Gasteiger charge is -2.23. The molecule has 1 spiro atoms. The van der Waals surface area contributed by atoms with E-state index in [4.69, 9.17) is 9.57 Å². The number of aryl methyl sites for hydroxylation is 3. The van der Waals surface area contributed by atoms with Crippen LogP contribution < -0.4 is 15.4 Å². The molecular formula is C29H35N7O8S. The van der Waals surface area contributed by atoms with Crippen molar-refractivity contribution in [1.29, 1.82) is 0 Å². The number of amides is 2. The van der Waals surface area contributed by atoms with E-state index in [0.29, 0.717) is 30.0 Å². The molecule has 2 amide bonds. The number of carbonyl (C=O) groups is 3. The normalized spacial score (nSPS) is 20.1. The fraction of sp³-hybridized carbons (Fsp3) is 0.414. The standard InChI is InChI=1S/C29H35N7O8S/c1-16-9-17(2)24(18(3)10-16)45(41,42)35-23(26(38)39)14-30-25(37)22-12-29(44-34-22)11-19(36(15-29)28(40)43-4)13-31-27-32-20-7-5-6-8-21(20)33-27/h5-10,19,23,35H,11-15H2,1-4H3,(H,30,37)(H,38,39)(H2,31,32,33)/t19-,23-,29-/m0/s1. The molecule has 3 aromatic rings. The van der Waals surface area contributed by atoms with Crippen molar-refractivity contribution in [3.05, 3.63) is 53.1 Å². The van der Waals surface area contributed by atoms with Gasteiger partial charge in [-0.2, -0.15) is 4.72 Å². The fourth-order valence-corrected chi connectivity index (χ4v) is 7.60. The SMILES string of the molecule is COC(=O)N1C[C@@]2(CC(C(=O)NC[C@H](NS(=O)(=O)c3c(C)cc(C)cc3C)C(=O)O)=NO2)C[C@H]1CNc1nc2ccccc2[nH]1. The van der Waals surface area contributed by atoms with Crippen molar-refractivity contribution in [2.24, 2.45) is 5.16 Å². The summed E-state index contributed by atoms with van der Waals surface area (Å²) in [5.74, 6) is -1.65. The van der Waals surface area contributed by atoms with Crippen LogP contribution in [0.15, 0.2) is 46.4 Å². The average Bonchev–Trinajstić information content (AvgIpc) is 3.69. The van der Waals surface area contributed by atoms with Gasteiger partial charge in [-0.05, 0) is 44.0 Å². The number of aromatic amines is 1. The second kappa shape index (κ2) is 12.4. The van der Waals surface area contributed by atoms with Crippen molar-refractivity contribution in [2.75, 3.05) is 32.1 Å². The number of aliphatic carboxylic acids is 1. The number of para-hydroxylation sites is 2. The zero-order valence-electron chi connectivity index (χ0n) is 25.2. The molecule has 240 valence electrons. The van der Waals surface area contributed by atoms with Crippen molar-refractivity contribution >= 4 is 50.7 Å². The number of imidazole rings is 1. The second-order valence-electron chi connectivity index (χ2n) is 11.4. The summed E-state index contributed by atoms with van der Waals surface area (Å²) in [4.78, 5) is 52.5. The summed E-state index contributed by atoms with van der Waals surface area (Å²) >= 11 is 0. The Morgan fingerprint density at radius 3 is 2.58 bits per heavy atom. The van der Waals surface area contributed by atoms with Crippen molar-refractivity contribution < 1.29 is 37.5 Å². The molecule has 5 rings (SSSR count). The Balaban J connectivity index is 1.21. The summed E-state index contributed by atoms with van der Waals surface area (Å²) in [7, 11) is -2.95. The summed E-state index contributed by atoms with van der Waals surface area (Å²) in [6.07, 6.45) is -0.207. The third-order valence-electron chi connectivity index (χ3n) is 7.85. The molecule has 0 unspecified atom stereocenters. The molecule has 1 aromatic heterocycles. The van der Waals surface area contributed by atoms with Gasteiger partial charge < -0.3 is 30.3 Å². The van der Waals surface area contributed by atoms with Crippen LogP contribution in [-0.4, -0.2) is 96.5 Å². The minimum Gasteiger partial charge on any atom is -0.480 e. The molecular weight excluding hydrogens is 606 g/mol. The molecule has 0 aliphatic carbocycles. The van der Waals surface area contributed by atoms with E-state index in [1.807, 2.05) is 31.2 Å². The van der Waals surface area contributed by atoms with Crippen LogP contribution in [0, 0.1) is 20.8 Å². The van der Waals surface area contributed by atoms with Crippen LogP contribution in [-0.2, 0) is 29.2 Å². The minimum absolute atomic E-state index is 0.0112. The Morgan fingerprint density at radius 2 is 1.91 bits per heavy atom. The molecule has 15 nitrogen and oxygen atoms in total. The number of rotatable bonds is 10. The van der Waals surface area contributed by atoms with E-state index in [-0.39, 0.29) is 29.6 Å². The van der Waals surface area contributed by atoms with Gasteiger partial charge in [-0.25, -0.2) is 18.2 Å². The van der Waals surface area contributed by atoms with E-state index in [2.05, 4.69) is 30.5 Å². The van der Waals surface area contributed by atoms with Gasteiger partial charge >= 0.3 is 12.1 Å². The summed E-state index contributed by atoms with van der Waals surface area (Å²) in [6, 6.07) is 8.89. The number of carboxylic acids is 1. The van der Waals surface area contributed by atoms with Crippen LogP contribution in [0.4, 0.5) is 10.7 Å². The van der Waals surface area contributed by atoms with Crippen molar-refractivity contribution in [2.45, 2.75) is 56.2 Å². The molecule has 45 heavy (non-hydrogen) atoms. The Labute approximate surface area is 259 Å². The van der Waals surface area contributed by atoms with Gasteiger partial charge in [0, 0.05) is 25.9 Å². The summed E-state index contributed by atoms with van der Waals surface area (Å²) < 4.78 is 33.4. The van der Waals surface area contributed by atoms with Crippen LogP contribution >= 0.6 is 0 Å². The van der Waals surface area contributed by atoms with Gasteiger partial charge in [0.25, 0.3) is 5.91 Å². The highest BCUT2D eigenvalue weighted by Crippen LogP contribution is 2.38. The molecule has 3 atom stereocenters. The number of methoxy groups -OCH3 is 1. The smallest absolute Gasteiger partial charge is 0.409 e. The van der Waals surface area contributed by atoms with E-state index in [1.54, 1.807) is 26.0 Å². The van der Waals surface area contributed by atoms with Gasteiger partial charge in [-0.1, -0.05) is 35.0 Å². The van der Waals surface area contributed by atoms with Crippen LogP contribution in [0.25, 0.3) is 11.0 Å². The van der Waals surface area contributed by atoms with Gasteiger partial charge in [0.05, 0.1) is 35.6 Å². The van der Waals surface area contributed by atoms with Gasteiger partial charge in [0.1, 0.15) is 11.8 Å². The van der Waals surface area contributed by atoms with E-state index in [0.717, 1.165) is 16.6 Å². The first-order chi connectivity index (χ1) is 21.3. The zero-order chi connectivity index (χ0) is 32.5. The predicted molar refractivity (Wildman–Crippen MR) is 163 cm³/mol. The number of anilines is 1. The molecule has 1 saturated heterocycles. The number of carbonyl (C=O) groups excluding carboxylic acids is 2. The molecule has 3 heterocycles. The molecule has 0 bridgehead atoms. The van der Waals surface area contributed by atoms with Crippen LogP contribution in [0.3, 0.4) is 0 Å². The van der Waals surface area contributed by atoms with E-state index in [1.165, 1.54) is 12.0 Å². The molecule has 2 aromatic carbocycles. The van der Waals surface area contributed by atoms with Crippen molar-refractivity contribution in [3.63, 3.8) is 0 Å². The number of nitrogens with zero attached hydrogens (tertiary/aromatic N) is 3. The number of carboxylic acid groups (broad SMARTS) is 1. The maximum atomic E-state index is 13.1. The molecule has 16 heteroatoms. The first-order valence-electron chi connectivity index (χ1n) is 14.2. The minimum atomic E-state index is -4.22. The van der Waals surface area contributed by atoms with E-state index >= 15 is 0 Å². The number of fused-ring (bicyclic) bond motifs is 1. The highest BCUT2D eigenvalue weighted by molar-refractivity contribution is 7.89. The third kappa shape index (κ3) is 6.71. The number of nitrogens with one attached hydrogen (secondary N) is 4. The van der Waals surface area contributed by atoms with Crippen molar-refractivity contribution in [3.8, 4) is 0 Å². The number of hydrogen-bond donors (Lipinski definition) is 5. The van der Waals surface area contributed by atoms with E-state index in [9.17, 15) is 27.9 Å². The summed E-state index contributed by atoms with van der Waals surface area (Å²) in [5, 5.41) is 19.3. The largest absolute Gasteiger partial charge is 0.480 e. The van der Waals surface area contributed by atoms with Gasteiger partial charge in [-0.15, -0.1) is 0 Å². The molecule has 1 fully saturated rings. The monoisotopic (exact) mass is 641 g/mol. The zero-order valence-corrected chi connectivity index (χ0v) is 26.0. The van der Waals surface area contributed by atoms with E-state index < -0.39 is 46.2 Å². The van der Waals surface area contributed by atoms with Gasteiger partial charge in [-0.3, -0.25) is 14.5 Å². The number of aromatic nitrogens is 2. The first-order valence-corrected chi connectivity index (χ1v) is 15.7. The Hall–Kier alpha value is -4.70. The van der Waals surface area contributed by atoms with Gasteiger partial charge in [0.2, 0.25) is 16.0 Å². The Bertz CT molecular complexity index is 1730. The van der Waals surface area contributed by atoms with Crippen LogP contribution in [0.2, 0.25) is 0 Å². The highest BCUT2D eigenvalue weighted by Gasteiger charge is 2.52. The molecule has 0 saturated carbocycles. The lowest BCUT2D eigenvalue weighted by molar-refractivity contribution is -0.138. The number of sulfonamides is 1. The van der Waals surface area contributed by atoms with Crippen LogP contribution in [0.5, 0.6) is 0 Å². The average molecular weight is 642 g/mol. The third-order valence-corrected chi connectivity index (χ3v) is 9.62. The maximum Gasteiger partial charge on any atom is 0.409 e. The number of oxime groups is 1. The predicted octanol–water partition coefficient (Wildman–Crippen LogP) is 1.80.